The Hall–Kier alpha value is -1.06. The van der Waals surface area contributed by atoms with Gasteiger partial charge in [0.05, 0.1) is 18.8 Å². The zero-order valence-corrected chi connectivity index (χ0v) is 11.8. The summed E-state index contributed by atoms with van der Waals surface area (Å²) in [6.45, 7) is 0.728. The minimum absolute atomic E-state index is 0.186. The number of benzene rings is 1. The van der Waals surface area contributed by atoms with Crippen LogP contribution in [-0.2, 0) is 11.2 Å². The Morgan fingerprint density at radius 3 is 2.84 bits per heavy atom. The molecule has 1 aromatic rings. The highest BCUT2D eigenvalue weighted by molar-refractivity contribution is 5.52. The van der Waals surface area contributed by atoms with Crippen molar-refractivity contribution in [1.82, 2.24) is 0 Å². The average Bonchev–Trinajstić information content (AvgIpc) is 2.63. The minimum Gasteiger partial charge on any atom is -0.391 e. The van der Waals surface area contributed by atoms with E-state index in [0.717, 1.165) is 38.0 Å². The molecule has 3 nitrogen and oxygen atoms in total. The van der Waals surface area contributed by atoms with Crippen LogP contribution in [0.3, 0.4) is 0 Å². The molecule has 3 heteroatoms. The summed E-state index contributed by atoms with van der Waals surface area (Å²) in [5, 5.41) is 13.7. The van der Waals surface area contributed by atoms with E-state index in [-0.39, 0.29) is 12.1 Å². The second-order valence-electron chi connectivity index (χ2n) is 5.36. The van der Waals surface area contributed by atoms with Gasteiger partial charge in [0.25, 0.3) is 0 Å². The van der Waals surface area contributed by atoms with E-state index in [1.165, 1.54) is 18.4 Å². The fourth-order valence-electron chi connectivity index (χ4n) is 2.75. The van der Waals surface area contributed by atoms with Crippen molar-refractivity contribution >= 4 is 5.69 Å². The summed E-state index contributed by atoms with van der Waals surface area (Å²) < 4.78 is 5.15. The molecule has 2 rings (SSSR count). The second-order valence-corrected chi connectivity index (χ2v) is 5.36. The van der Waals surface area contributed by atoms with Crippen molar-refractivity contribution in [2.75, 3.05) is 19.0 Å². The summed E-state index contributed by atoms with van der Waals surface area (Å²) in [7, 11) is 1.73. The van der Waals surface area contributed by atoms with Gasteiger partial charge in [-0.15, -0.1) is 0 Å². The van der Waals surface area contributed by atoms with Gasteiger partial charge in [-0.3, -0.25) is 0 Å². The monoisotopic (exact) mass is 263 g/mol. The SMILES string of the molecule is COCCc1ccccc1NC1CCCCCC1O. The van der Waals surface area contributed by atoms with Gasteiger partial charge in [-0.1, -0.05) is 37.5 Å². The largest absolute Gasteiger partial charge is 0.391 e. The van der Waals surface area contributed by atoms with E-state index in [2.05, 4.69) is 23.5 Å². The Labute approximate surface area is 116 Å². The molecule has 0 spiro atoms. The maximum atomic E-state index is 10.2. The lowest BCUT2D eigenvalue weighted by Crippen LogP contribution is -2.32. The molecule has 0 bridgehead atoms. The molecule has 0 heterocycles. The third-order valence-corrected chi connectivity index (χ3v) is 3.91. The molecule has 1 aliphatic carbocycles. The first kappa shape index (κ1) is 14.4. The van der Waals surface area contributed by atoms with Gasteiger partial charge in [0.2, 0.25) is 0 Å². The molecule has 2 N–H and O–H groups in total. The number of para-hydroxylation sites is 1. The van der Waals surface area contributed by atoms with E-state index in [1.54, 1.807) is 7.11 Å². The Kier molecular flexibility index (Phi) is 5.67. The van der Waals surface area contributed by atoms with Crippen LogP contribution < -0.4 is 5.32 Å². The van der Waals surface area contributed by atoms with Crippen LogP contribution in [0.4, 0.5) is 5.69 Å². The van der Waals surface area contributed by atoms with Gasteiger partial charge < -0.3 is 15.2 Å². The van der Waals surface area contributed by atoms with Crippen molar-refractivity contribution in [3.8, 4) is 0 Å². The molecular weight excluding hydrogens is 238 g/mol. The Bertz CT molecular complexity index is 381. The van der Waals surface area contributed by atoms with Crippen molar-refractivity contribution in [2.24, 2.45) is 0 Å². The quantitative estimate of drug-likeness (QED) is 0.802. The molecule has 0 aromatic heterocycles. The molecule has 2 atom stereocenters. The zero-order chi connectivity index (χ0) is 13.5. The van der Waals surface area contributed by atoms with Crippen LogP contribution in [0.1, 0.15) is 37.7 Å². The van der Waals surface area contributed by atoms with Gasteiger partial charge in [-0.25, -0.2) is 0 Å². The number of aliphatic hydroxyl groups excluding tert-OH is 1. The normalized spacial score (nSPS) is 23.9. The molecule has 1 aromatic carbocycles. The number of hydrogen-bond acceptors (Lipinski definition) is 3. The Morgan fingerprint density at radius 2 is 2.00 bits per heavy atom. The summed E-state index contributed by atoms with van der Waals surface area (Å²) in [5.41, 5.74) is 2.41. The molecule has 106 valence electrons. The molecule has 0 amide bonds. The second kappa shape index (κ2) is 7.51. The molecule has 1 fully saturated rings. The van der Waals surface area contributed by atoms with Gasteiger partial charge in [0.1, 0.15) is 0 Å². The van der Waals surface area contributed by atoms with Crippen LogP contribution in [0.5, 0.6) is 0 Å². The number of methoxy groups -OCH3 is 1. The van der Waals surface area contributed by atoms with Crippen molar-refractivity contribution in [3.05, 3.63) is 29.8 Å². The predicted octanol–water partition coefficient (Wildman–Crippen LogP) is 2.98. The lowest BCUT2D eigenvalue weighted by molar-refractivity contribution is 0.144. The fourth-order valence-corrected chi connectivity index (χ4v) is 2.75. The van der Waals surface area contributed by atoms with Crippen LogP contribution in [0.25, 0.3) is 0 Å². The minimum atomic E-state index is -0.224. The topological polar surface area (TPSA) is 41.5 Å². The number of ether oxygens (including phenoxy) is 1. The maximum Gasteiger partial charge on any atom is 0.0741 e. The molecule has 1 saturated carbocycles. The molecule has 19 heavy (non-hydrogen) atoms. The van der Waals surface area contributed by atoms with E-state index >= 15 is 0 Å². The van der Waals surface area contributed by atoms with Crippen molar-refractivity contribution in [1.29, 1.82) is 0 Å². The summed E-state index contributed by atoms with van der Waals surface area (Å²) >= 11 is 0. The molecule has 0 saturated heterocycles. The van der Waals surface area contributed by atoms with Crippen LogP contribution in [-0.4, -0.2) is 31.0 Å². The van der Waals surface area contributed by atoms with Gasteiger partial charge in [-0.2, -0.15) is 0 Å². The highest BCUT2D eigenvalue weighted by atomic mass is 16.5. The highest BCUT2D eigenvalue weighted by Gasteiger charge is 2.21. The standard InChI is InChI=1S/C16H25NO2/c1-19-12-11-13-7-5-6-8-14(13)17-15-9-3-2-4-10-16(15)18/h5-8,15-18H,2-4,9-12H2,1H3. The van der Waals surface area contributed by atoms with Crippen LogP contribution in [0.15, 0.2) is 24.3 Å². The summed E-state index contributed by atoms with van der Waals surface area (Å²) in [6, 6.07) is 8.51. The van der Waals surface area contributed by atoms with Crippen molar-refractivity contribution in [3.63, 3.8) is 0 Å². The summed E-state index contributed by atoms with van der Waals surface area (Å²) in [6.07, 6.45) is 6.23. The third kappa shape index (κ3) is 4.22. The van der Waals surface area contributed by atoms with Gasteiger partial charge in [0.15, 0.2) is 0 Å². The average molecular weight is 263 g/mol. The van der Waals surface area contributed by atoms with E-state index in [0.29, 0.717) is 0 Å². The van der Waals surface area contributed by atoms with E-state index in [4.69, 9.17) is 4.74 Å². The highest BCUT2D eigenvalue weighted by Crippen LogP contribution is 2.24. The number of anilines is 1. The van der Waals surface area contributed by atoms with Crippen molar-refractivity contribution in [2.45, 2.75) is 50.7 Å². The van der Waals surface area contributed by atoms with Crippen LogP contribution in [0.2, 0.25) is 0 Å². The zero-order valence-electron chi connectivity index (χ0n) is 11.8. The lowest BCUT2D eigenvalue weighted by atomic mass is 10.0. The first-order valence-corrected chi connectivity index (χ1v) is 7.32. The van der Waals surface area contributed by atoms with Crippen molar-refractivity contribution < 1.29 is 9.84 Å². The molecule has 2 unspecified atom stereocenters. The summed E-state index contributed by atoms with van der Waals surface area (Å²) in [4.78, 5) is 0. The molecular formula is C16H25NO2. The first-order chi connectivity index (χ1) is 9.31. The van der Waals surface area contributed by atoms with Gasteiger partial charge in [-0.05, 0) is 30.9 Å². The number of hydrogen-bond donors (Lipinski definition) is 2. The van der Waals surface area contributed by atoms with Crippen LogP contribution >= 0.6 is 0 Å². The maximum absolute atomic E-state index is 10.2. The fraction of sp³-hybridized carbons (Fsp3) is 0.625. The van der Waals surface area contributed by atoms with E-state index < -0.39 is 0 Å². The molecule has 0 radical (unpaired) electrons. The number of rotatable bonds is 5. The van der Waals surface area contributed by atoms with Gasteiger partial charge >= 0.3 is 0 Å². The number of nitrogens with one attached hydrogen (secondary N) is 1. The predicted molar refractivity (Wildman–Crippen MR) is 78.5 cm³/mol. The molecule has 1 aliphatic rings. The lowest BCUT2D eigenvalue weighted by Gasteiger charge is -2.24. The first-order valence-electron chi connectivity index (χ1n) is 7.32. The van der Waals surface area contributed by atoms with E-state index in [9.17, 15) is 5.11 Å². The van der Waals surface area contributed by atoms with Gasteiger partial charge in [0, 0.05) is 12.8 Å². The smallest absolute Gasteiger partial charge is 0.0741 e. The summed E-state index contributed by atoms with van der Waals surface area (Å²) in [5.74, 6) is 0. The number of aliphatic hydroxyl groups is 1. The Balaban J connectivity index is 2.04. The Morgan fingerprint density at radius 1 is 1.21 bits per heavy atom. The molecule has 0 aliphatic heterocycles. The third-order valence-electron chi connectivity index (χ3n) is 3.91. The van der Waals surface area contributed by atoms with E-state index in [1.807, 2.05) is 6.07 Å². The van der Waals surface area contributed by atoms with Crippen LogP contribution in [0, 0.1) is 0 Å².